The summed E-state index contributed by atoms with van der Waals surface area (Å²) in [7, 11) is 8.81. The number of hydrogen-bond donors (Lipinski definition) is 0. The van der Waals surface area contributed by atoms with Gasteiger partial charge in [-0.15, -0.1) is 0 Å². The van der Waals surface area contributed by atoms with E-state index in [1.165, 1.54) is 0 Å². The topological polar surface area (TPSA) is 77.1 Å². The maximum atomic E-state index is 9.03. The summed E-state index contributed by atoms with van der Waals surface area (Å²) in [6.45, 7) is 4.95. The molecule has 0 saturated heterocycles. The van der Waals surface area contributed by atoms with Gasteiger partial charge >= 0.3 is 0 Å². The van der Waals surface area contributed by atoms with Gasteiger partial charge in [0.2, 0.25) is 0 Å². The minimum atomic E-state index is -1.50. The number of carboxylic acid groups (broad SMARTS) is 1. The number of rotatable bonds is 9. The third-order valence-corrected chi connectivity index (χ3v) is 2.34. The summed E-state index contributed by atoms with van der Waals surface area (Å²) < 4.78 is 19.8. The van der Waals surface area contributed by atoms with E-state index in [0.29, 0.717) is 13.2 Å². The highest BCUT2D eigenvalue weighted by atomic mass is 16.6. The van der Waals surface area contributed by atoms with Crippen LogP contribution in [-0.2, 0) is 18.9 Å². The molecule has 0 aromatic carbocycles. The van der Waals surface area contributed by atoms with E-state index in [0.717, 1.165) is 37.9 Å². The van der Waals surface area contributed by atoms with Crippen LogP contribution < -0.4 is 5.11 Å². The van der Waals surface area contributed by atoms with Gasteiger partial charge in [-0.1, -0.05) is 0 Å². The van der Waals surface area contributed by atoms with Crippen molar-refractivity contribution in [2.45, 2.75) is 0 Å². The lowest BCUT2D eigenvalue weighted by atomic mass is 10.4. The molecule has 0 amide bonds. The van der Waals surface area contributed by atoms with Crippen molar-refractivity contribution >= 4 is 6.16 Å². The standard InChI is InChI=1S/C10H24NO3.C2H4O3/c1-11(2,5-7-12-3)6-8-14-10-9-13-4;1-5-2(3)4/h5-10H2,1-4H3;1H3,(H,3,4)/q+1;/p-1. The lowest BCUT2D eigenvalue weighted by Crippen LogP contribution is -2.44. The molecule has 19 heavy (non-hydrogen) atoms. The molecular formula is C12H27NO6. The molecule has 0 aromatic heterocycles. The van der Waals surface area contributed by atoms with Gasteiger partial charge in [-0.2, -0.15) is 0 Å². The van der Waals surface area contributed by atoms with Gasteiger partial charge in [0.15, 0.2) is 0 Å². The first-order valence-corrected chi connectivity index (χ1v) is 6.02. The summed E-state index contributed by atoms with van der Waals surface area (Å²) in [5.74, 6) is 0. The van der Waals surface area contributed by atoms with Crippen LogP contribution in [0.3, 0.4) is 0 Å². The van der Waals surface area contributed by atoms with Crippen molar-refractivity contribution in [3.05, 3.63) is 0 Å². The maximum Gasteiger partial charge on any atom is 0.251 e. The number of carbonyl (C=O) groups excluding carboxylic acids is 1. The third-order valence-electron chi connectivity index (χ3n) is 2.34. The quantitative estimate of drug-likeness (QED) is 0.317. The van der Waals surface area contributed by atoms with Gasteiger partial charge in [0.25, 0.3) is 6.16 Å². The van der Waals surface area contributed by atoms with Crippen LogP contribution in [0.1, 0.15) is 0 Å². The van der Waals surface area contributed by atoms with Gasteiger partial charge < -0.3 is 33.3 Å². The molecule has 0 aliphatic heterocycles. The highest BCUT2D eigenvalue weighted by molar-refractivity contribution is 5.53. The molecule has 7 heteroatoms. The van der Waals surface area contributed by atoms with E-state index >= 15 is 0 Å². The van der Waals surface area contributed by atoms with Crippen molar-refractivity contribution in [1.82, 2.24) is 0 Å². The molecule has 0 aliphatic rings. The number of hydrogen-bond acceptors (Lipinski definition) is 6. The van der Waals surface area contributed by atoms with Gasteiger partial charge in [-0.25, -0.2) is 0 Å². The first kappa shape index (κ1) is 20.4. The number of carbonyl (C=O) groups is 1. The molecule has 0 atom stereocenters. The molecule has 7 nitrogen and oxygen atoms in total. The van der Waals surface area contributed by atoms with Crippen molar-refractivity contribution in [3.63, 3.8) is 0 Å². The van der Waals surface area contributed by atoms with Crippen LogP contribution >= 0.6 is 0 Å². The minimum Gasteiger partial charge on any atom is -0.553 e. The van der Waals surface area contributed by atoms with E-state index in [-0.39, 0.29) is 0 Å². The molecular weight excluding hydrogens is 254 g/mol. The highest BCUT2D eigenvalue weighted by Crippen LogP contribution is 1.96. The van der Waals surface area contributed by atoms with Crippen molar-refractivity contribution in [1.29, 1.82) is 0 Å². The molecule has 0 radical (unpaired) electrons. The largest absolute Gasteiger partial charge is 0.553 e. The smallest absolute Gasteiger partial charge is 0.251 e. The molecule has 0 saturated carbocycles. The number of nitrogens with zero attached hydrogens (tertiary/aromatic N) is 1. The van der Waals surface area contributed by atoms with Gasteiger partial charge in [-0.3, -0.25) is 0 Å². The Kier molecular flexibility index (Phi) is 14.6. The van der Waals surface area contributed by atoms with Gasteiger partial charge in [-0.05, 0) is 0 Å². The lowest BCUT2D eigenvalue weighted by molar-refractivity contribution is -0.891. The zero-order chi connectivity index (χ0) is 15.1. The van der Waals surface area contributed by atoms with E-state index < -0.39 is 6.16 Å². The molecule has 0 heterocycles. The first-order chi connectivity index (χ1) is 8.89. The fourth-order valence-corrected chi connectivity index (χ4v) is 1.01. The SMILES string of the molecule is COC(=O)[O-].COCCOCC[N+](C)(C)CCOC. The van der Waals surface area contributed by atoms with Crippen LogP contribution in [0.4, 0.5) is 4.79 Å². The monoisotopic (exact) mass is 281 g/mol. The van der Waals surface area contributed by atoms with Crippen molar-refractivity contribution in [2.24, 2.45) is 0 Å². The predicted molar refractivity (Wildman–Crippen MR) is 68.8 cm³/mol. The van der Waals surface area contributed by atoms with E-state index in [2.05, 4.69) is 18.8 Å². The second-order valence-corrected chi connectivity index (χ2v) is 4.44. The Morgan fingerprint density at radius 3 is 1.84 bits per heavy atom. The summed E-state index contributed by atoms with van der Waals surface area (Å²) in [5, 5.41) is 9.03. The third kappa shape index (κ3) is 19.6. The Morgan fingerprint density at radius 1 is 0.947 bits per heavy atom. The number of methoxy groups -OCH3 is 3. The number of likely N-dealkylation sites (N-methyl/N-ethyl adjacent to an activating group) is 1. The van der Waals surface area contributed by atoms with Gasteiger partial charge in [0.05, 0.1) is 40.5 Å². The lowest BCUT2D eigenvalue weighted by Gasteiger charge is -2.29. The normalized spacial score (nSPS) is 10.6. The Labute approximate surface area is 115 Å². The summed E-state index contributed by atoms with van der Waals surface area (Å²) >= 11 is 0. The Hall–Kier alpha value is -0.890. The second kappa shape index (κ2) is 13.5. The summed E-state index contributed by atoms with van der Waals surface area (Å²) in [6, 6.07) is 0. The second-order valence-electron chi connectivity index (χ2n) is 4.44. The highest BCUT2D eigenvalue weighted by Gasteiger charge is 2.13. The van der Waals surface area contributed by atoms with Crippen LogP contribution in [0.5, 0.6) is 0 Å². The summed E-state index contributed by atoms with van der Waals surface area (Å²) in [4.78, 5) is 9.03. The van der Waals surface area contributed by atoms with Crippen LogP contribution in [0.25, 0.3) is 0 Å². The van der Waals surface area contributed by atoms with Gasteiger partial charge in [0.1, 0.15) is 13.1 Å². The minimum absolute atomic E-state index is 0.672. The fraction of sp³-hybridized carbons (Fsp3) is 0.917. The maximum absolute atomic E-state index is 9.03. The zero-order valence-electron chi connectivity index (χ0n) is 12.6. The number of ether oxygens (including phenoxy) is 4. The first-order valence-electron chi connectivity index (χ1n) is 6.02. The molecule has 0 aliphatic carbocycles. The van der Waals surface area contributed by atoms with Crippen LogP contribution in [0.2, 0.25) is 0 Å². The van der Waals surface area contributed by atoms with Crippen molar-refractivity contribution in [3.8, 4) is 0 Å². The summed E-state index contributed by atoms with van der Waals surface area (Å²) in [6.07, 6.45) is -1.50. The zero-order valence-corrected chi connectivity index (χ0v) is 12.6. The van der Waals surface area contributed by atoms with Crippen LogP contribution in [-0.4, -0.2) is 85.6 Å². The predicted octanol–water partition coefficient (Wildman–Crippen LogP) is -0.652. The average Bonchev–Trinajstić information content (AvgIpc) is 2.37. The van der Waals surface area contributed by atoms with Gasteiger partial charge in [0, 0.05) is 21.3 Å². The number of quaternary nitrogens is 1. The van der Waals surface area contributed by atoms with Crippen molar-refractivity contribution < 1.29 is 33.3 Å². The molecule has 116 valence electrons. The van der Waals surface area contributed by atoms with Crippen LogP contribution in [0.15, 0.2) is 0 Å². The Bertz CT molecular complexity index is 210. The fourth-order valence-electron chi connectivity index (χ4n) is 1.01. The Balaban J connectivity index is 0. The molecule has 0 rings (SSSR count). The van der Waals surface area contributed by atoms with Crippen LogP contribution in [0, 0.1) is 0 Å². The van der Waals surface area contributed by atoms with E-state index in [4.69, 9.17) is 24.1 Å². The van der Waals surface area contributed by atoms with E-state index in [1.807, 2.05) is 0 Å². The molecule has 0 spiro atoms. The molecule has 0 bridgehead atoms. The molecule has 0 unspecified atom stereocenters. The molecule has 0 N–H and O–H groups in total. The molecule has 0 aromatic rings. The summed E-state index contributed by atoms with van der Waals surface area (Å²) in [5.41, 5.74) is 0. The average molecular weight is 281 g/mol. The Morgan fingerprint density at radius 2 is 1.42 bits per heavy atom. The molecule has 0 fully saturated rings. The van der Waals surface area contributed by atoms with E-state index in [9.17, 15) is 0 Å². The van der Waals surface area contributed by atoms with Crippen molar-refractivity contribution in [2.75, 3.05) is 74.9 Å². The van der Waals surface area contributed by atoms with E-state index in [1.54, 1.807) is 14.2 Å².